The molecule has 4 aromatic rings. The lowest BCUT2D eigenvalue weighted by Gasteiger charge is -2.19. The highest BCUT2D eigenvalue weighted by atomic mass is 16.6. The van der Waals surface area contributed by atoms with Gasteiger partial charge in [-0.2, -0.15) is 5.10 Å². The quantitative estimate of drug-likeness (QED) is 0.161. The fraction of sp³-hybridized carbons (Fsp3) is 0.375. The number of carbonyl (C=O) groups is 2. The van der Waals surface area contributed by atoms with E-state index in [1.807, 2.05) is 89.2 Å². The molecule has 2 aromatic carbocycles. The summed E-state index contributed by atoms with van der Waals surface area (Å²) >= 11 is 0. The number of rotatable bonds is 12. The molecular formula is C32H38N4O5. The van der Waals surface area contributed by atoms with Gasteiger partial charge in [0.2, 0.25) is 11.7 Å². The number of hydrogen-bond acceptors (Lipinski definition) is 7. The van der Waals surface area contributed by atoms with E-state index in [1.54, 1.807) is 10.7 Å². The van der Waals surface area contributed by atoms with Gasteiger partial charge in [-0.25, -0.2) is 9.78 Å². The Bertz CT molecular complexity index is 1450. The predicted octanol–water partition coefficient (Wildman–Crippen LogP) is 6.30. The number of oxazole rings is 1. The maximum atomic E-state index is 13.1. The molecule has 41 heavy (non-hydrogen) atoms. The smallest absolute Gasteiger partial charge is 0.357 e. The van der Waals surface area contributed by atoms with Gasteiger partial charge in [-0.1, -0.05) is 56.3 Å². The Balaban J connectivity index is 1.54. The molecule has 0 radical (unpaired) electrons. The molecule has 0 aliphatic carbocycles. The molecule has 0 bridgehead atoms. The van der Waals surface area contributed by atoms with E-state index in [0.29, 0.717) is 42.6 Å². The third-order valence-electron chi connectivity index (χ3n) is 6.40. The Kier molecular flexibility index (Phi) is 9.73. The van der Waals surface area contributed by atoms with E-state index in [9.17, 15) is 9.59 Å². The molecule has 2 heterocycles. The van der Waals surface area contributed by atoms with Crippen molar-refractivity contribution in [3.8, 4) is 22.7 Å². The van der Waals surface area contributed by atoms with Crippen LogP contribution in [0.25, 0.3) is 22.7 Å². The monoisotopic (exact) mass is 558 g/mol. The highest BCUT2D eigenvalue weighted by Crippen LogP contribution is 2.27. The highest BCUT2D eigenvalue weighted by molar-refractivity contribution is 5.92. The van der Waals surface area contributed by atoms with Crippen LogP contribution in [0, 0.1) is 0 Å². The van der Waals surface area contributed by atoms with Crippen molar-refractivity contribution in [1.82, 2.24) is 20.1 Å². The first-order chi connectivity index (χ1) is 19.7. The number of nitrogens with one attached hydrogen (secondary N) is 1. The molecule has 0 aliphatic rings. The van der Waals surface area contributed by atoms with Crippen molar-refractivity contribution in [2.45, 2.75) is 72.3 Å². The van der Waals surface area contributed by atoms with Gasteiger partial charge in [0.15, 0.2) is 0 Å². The molecular weight excluding hydrogens is 520 g/mol. The number of amides is 1. The lowest BCUT2D eigenvalue weighted by atomic mass is 10.1. The Morgan fingerprint density at radius 1 is 1.00 bits per heavy atom. The average molecular weight is 559 g/mol. The number of esters is 1. The van der Waals surface area contributed by atoms with Gasteiger partial charge in [0.1, 0.15) is 11.3 Å². The minimum Gasteiger partial charge on any atom is -0.455 e. The SMILES string of the molecule is CCC(CC)NC(=O)c1cnc(-c2cccc(-c3cc(C(=O)OC(C)(C)C)n(CCOCc4ccccc4)n3)c2)o1. The topological polar surface area (TPSA) is 108 Å². The van der Waals surface area contributed by atoms with Crippen molar-refractivity contribution >= 4 is 11.9 Å². The van der Waals surface area contributed by atoms with Crippen LogP contribution >= 0.6 is 0 Å². The van der Waals surface area contributed by atoms with Crippen LogP contribution in [0.5, 0.6) is 0 Å². The zero-order valence-corrected chi connectivity index (χ0v) is 24.3. The summed E-state index contributed by atoms with van der Waals surface area (Å²) in [5.74, 6) is -0.271. The van der Waals surface area contributed by atoms with E-state index < -0.39 is 11.6 Å². The van der Waals surface area contributed by atoms with Gasteiger partial charge in [-0.05, 0) is 57.4 Å². The van der Waals surface area contributed by atoms with E-state index in [2.05, 4.69) is 10.3 Å². The summed E-state index contributed by atoms with van der Waals surface area (Å²) in [6.07, 6.45) is 3.11. The fourth-order valence-corrected chi connectivity index (χ4v) is 4.21. The fourth-order valence-electron chi connectivity index (χ4n) is 4.21. The standard InChI is InChI=1S/C32H38N4O5/c1-6-25(7-2)34-29(37)28-20-33-30(40-28)24-15-11-14-23(18-24)26-19-27(31(38)41-32(3,4)5)36(35-26)16-17-39-21-22-12-9-8-10-13-22/h8-15,18-20,25H,6-7,16-17,21H2,1-5H3,(H,34,37). The molecule has 0 spiro atoms. The number of benzene rings is 2. The maximum Gasteiger partial charge on any atom is 0.357 e. The number of hydrogen-bond donors (Lipinski definition) is 1. The van der Waals surface area contributed by atoms with Crippen molar-refractivity contribution in [3.05, 3.63) is 83.9 Å². The Morgan fingerprint density at radius 2 is 1.73 bits per heavy atom. The average Bonchev–Trinajstić information content (AvgIpc) is 3.62. The molecule has 1 N–H and O–H groups in total. The van der Waals surface area contributed by atoms with E-state index in [4.69, 9.17) is 19.0 Å². The summed E-state index contributed by atoms with van der Waals surface area (Å²) in [5.41, 5.74) is 2.79. The van der Waals surface area contributed by atoms with Crippen LogP contribution in [0.3, 0.4) is 0 Å². The lowest BCUT2D eigenvalue weighted by molar-refractivity contribution is 0.00531. The van der Waals surface area contributed by atoms with Gasteiger partial charge in [0.25, 0.3) is 5.91 Å². The first-order valence-electron chi connectivity index (χ1n) is 14.0. The van der Waals surface area contributed by atoms with Crippen molar-refractivity contribution in [1.29, 1.82) is 0 Å². The van der Waals surface area contributed by atoms with E-state index in [0.717, 1.165) is 24.0 Å². The van der Waals surface area contributed by atoms with Crippen molar-refractivity contribution in [2.75, 3.05) is 6.61 Å². The molecule has 9 heteroatoms. The predicted molar refractivity (Wildman–Crippen MR) is 156 cm³/mol. The molecule has 216 valence electrons. The largest absolute Gasteiger partial charge is 0.455 e. The minimum atomic E-state index is -0.653. The van der Waals surface area contributed by atoms with Crippen LogP contribution in [0.2, 0.25) is 0 Å². The van der Waals surface area contributed by atoms with Crippen LogP contribution in [0.1, 0.15) is 74.1 Å². The molecule has 0 saturated carbocycles. The Hall–Kier alpha value is -4.24. The molecule has 0 atom stereocenters. The molecule has 0 saturated heterocycles. The first kappa shape index (κ1) is 29.7. The van der Waals surface area contributed by atoms with Crippen LogP contribution in [-0.4, -0.2) is 44.9 Å². The third kappa shape index (κ3) is 8.14. The summed E-state index contributed by atoms with van der Waals surface area (Å²) in [6.45, 7) is 10.7. The van der Waals surface area contributed by atoms with Gasteiger partial charge in [-0.3, -0.25) is 9.48 Å². The van der Waals surface area contributed by atoms with Crippen molar-refractivity contribution in [2.24, 2.45) is 0 Å². The molecule has 1 amide bonds. The molecule has 2 aromatic heterocycles. The van der Waals surface area contributed by atoms with E-state index in [-0.39, 0.29) is 17.7 Å². The number of ether oxygens (including phenoxy) is 2. The van der Waals surface area contributed by atoms with E-state index >= 15 is 0 Å². The van der Waals surface area contributed by atoms with Crippen LogP contribution in [0.15, 0.2) is 71.3 Å². The van der Waals surface area contributed by atoms with Crippen LogP contribution < -0.4 is 5.32 Å². The van der Waals surface area contributed by atoms with Gasteiger partial charge in [0.05, 0.1) is 31.6 Å². The van der Waals surface area contributed by atoms with Crippen molar-refractivity contribution in [3.63, 3.8) is 0 Å². The summed E-state index contributed by atoms with van der Waals surface area (Å²) in [5, 5.41) is 7.68. The normalized spacial score (nSPS) is 11.6. The van der Waals surface area contributed by atoms with Gasteiger partial charge >= 0.3 is 5.97 Å². The molecule has 0 unspecified atom stereocenters. The zero-order valence-electron chi connectivity index (χ0n) is 24.3. The summed E-state index contributed by atoms with van der Waals surface area (Å²) in [4.78, 5) is 30.0. The molecule has 4 rings (SSSR count). The number of nitrogens with zero attached hydrogens (tertiary/aromatic N) is 3. The lowest BCUT2D eigenvalue weighted by Crippen LogP contribution is -2.33. The maximum absolute atomic E-state index is 13.1. The molecule has 9 nitrogen and oxygen atoms in total. The highest BCUT2D eigenvalue weighted by Gasteiger charge is 2.23. The van der Waals surface area contributed by atoms with Gasteiger partial charge < -0.3 is 19.2 Å². The number of aromatic nitrogens is 3. The summed E-state index contributed by atoms with van der Waals surface area (Å²) in [7, 11) is 0. The van der Waals surface area contributed by atoms with Gasteiger partial charge in [0, 0.05) is 17.2 Å². The second kappa shape index (κ2) is 13.4. The van der Waals surface area contributed by atoms with Crippen LogP contribution in [0.4, 0.5) is 0 Å². The summed E-state index contributed by atoms with van der Waals surface area (Å²) in [6, 6.07) is 19.2. The minimum absolute atomic E-state index is 0.0809. The molecule has 0 aliphatic heterocycles. The summed E-state index contributed by atoms with van der Waals surface area (Å²) < 4.78 is 18.9. The second-order valence-corrected chi connectivity index (χ2v) is 10.8. The van der Waals surface area contributed by atoms with Crippen LogP contribution in [-0.2, 0) is 22.6 Å². The first-order valence-corrected chi connectivity index (χ1v) is 14.0. The second-order valence-electron chi connectivity index (χ2n) is 10.8. The third-order valence-corrected chi connectivity index (χ3v) is 6.40. The Morgan fingerprint density at radius 3 is 2.44 bits per heavy atom. The zero-order chi connectivity index (χ0) is 29.4. The molecule has 0 fully saturated rings. The number of carbonyl (C=O) groups excluding carboxylic acids is 2. The van der Waals surface area contributed by atoms with E-state index in [1.165, 1.54) is 6.20 Å². The Labute approximate surface area is 240 Å². The van der Waals surface area contributed by atoms with Crippen molar-refractivity contribution < 1.29 is 23.5 Å². The van der Waals surface area contributed by atoms with Gasteiger partial charge in [-0.15, -0.1) is 0 Å².